The van der Waals surface area contributed by atoms with Gasteiger partial charge in [-0.1, -0.05) is 17.7 Å². The van der Waals surface area contributed by atoms with Gasteiger partial charge in [0.05, 0.1) is 10.7 Å². The van der Waals surface area contributed by atoms with E-state index in [1.54, 1.807) is 6.20 Å². The van der Waals surface area contributed by atoms with Crippen LogP contribution in [0.4, 0.5) is 17.5 Å². The van der Waals surface area contributed by atoms with Gasteiger partial charge in [0.2, 0.25) is 5.95 Å². The Labute approximate surface area is 118 Å². The maximum atomic E-state index is 6.18. The van der Waals surface area contributed by atoms with Gasteiger partial charge in [0, 0.05) is 18.3 Å². The van der Waals surface area contributed by atoms with Crippen LogP contribution in [0, 0.1) is 13.8 Å². The van der Waals surface area contributed by atoms with Crippen molar-refractivity contribution in [2.75, 3.05) is 17.2 Å². The lowest BCUT2D eigenvalue weighted by molar-refractivity contribution is 1.07. The molecule has 19 heavy (non-hydrogen) atoms. The van der Waals surface area contributed by atoms with Crippen LogP contribution in [-0.4, -0.2) is 16.5 Å². The second kappa shape index (κ2) is 5.89. The molecule has 0 radical (unpaired) electrons. The Morgan fingerprint density at radius 1 is 1.26 bits per heavy atom. The lowest BCUT2D eigenvalue weighted by Gasteiger charge is -2.12. The van der Waals surface area contributed by atoms with Crippen molar-refractivity contribution in [3.63, 3.8) is 0 Å². The van der Waals surface area contributed by atoms with Crippen molar-refractivity contribution in [2.45, 2.75) is 20.8 Å². The minimum Gasteiger partial charge on any atom is -0.354 e. The van der Waals surface area contributed by atoms with Crippen LogP contribution in [0.3, 0.4) is 0 Å². The summed E-state index contributed by atoms with van der Waals surface area (Å²) in [5.41, 5.74) is 2.97. The van der Waals surface area contributed by atoms with E-state index >= 15 is 0 Å². The summed E-state index contributed by atoms with van der Waals surface area (Å²) in [6.07, 6.45) is 1.79. The Morgan fingerprint density at radius 2 is 2.05 bits per heavy atom. The molecule has 0 fully saturated rings. The van der Waals surface area contributed by atoms with Crippen LogP contribution in [0.15, 0.2) is 24.4 Å². The van der Waals surface area contributed by atoms with E-state index < -0.39 is 0 Å². The molecule has 1 aromatic carbocycles. The predicted molar refractivity (Wildman–Crippen MR) is 80.4 cm³/mol. The van der Waals surface area contributed by atoms with Crippen molar-refractivity contribution >= 4 is 29.1 Å². The third-order valence-electron chi connectivity index (χ3n) is 2.68. The lowest BCUT2D eigenvalue weighted by atomic mass is 10.2. The first kappa shape index (κ1) is 13.6. The van der Waals surface area contributed by atoms with Gasteiger partial charge in [0.15, 0.2) is 0 Å². The molecule has 0 unspecified atom stereocenters. The number of anilines is 3. The van der Waals surface area contributed by atoms with Gasteiger partial charge >= 0.3 is 0 Å². The molecular formula is C14H17ClN4. The molecule has 0 atom stereocenters. The van der Waals surface area contributed by atoms with Gasteiger partial charge in [-0.15, -0.1) is 0 Å². The Balaban J connectivity index is 2.31. The number of nitrogens with one attached hydrogen (secondary N) is 2. The van der Waals surface area contributed by atoms with Gasteiger partial charge in [-0.2, -0.15) is 4.98 Å². The van der Waals surface area contributed by atoms with Gasteiger partial charge in [0.1, 0.15) is 5.82 Å². The third-order valence-corrected chi connectivity index (χ3v) is 3.01. The van der Waals surface area contributed by atoms with E-state index in [1.165, 1.54) is 0 Å². The zero-order valence-corrected chi connectivity index (χ0v) is 12.0. The Kier molecular flexibility index (Phi) is 4.22. The maximum Gasteiger partial charge on any atom is 0.224 e. The number of hydrogen-bond donors (Lipinski definition) is 2. The van der Waals surface area contributed by atoms with Crippen LogP contribution in [0.2, 0.25) is 5.02 Å². The fourth-order valence-electron chi connectivity index (χ4n) is 1.67. The fourth-order valence-corrected chi connectivity index (χ4v) is 1.84. The van der Waals surface area contributed by atoms with Gasteiger partial charge in [-0.3, -0.25) is 0 Å². The number of benzene rings is 1. The summed E-state index contributed by atoms with van der Waals surface area (Å²) in [7, 11) is 0. The number of aromatic nitrogens is 2. The number of aryl methyl sites for hydroxylation is 2. The summed E-state index contributed by atoms with van der Waals surface area (Å²) in [6, 6.07) is 5.85. The maximum absolute atomic E-state index is 6.18. The van der Waals surface area contributed by atoms with Gasteiger partial charge in [0.25, 0.3) is 0 Å². The van der Waals surface area contributed by atoms with Crippen molar-refractivity contribution in [3.8, 4) is 0 Å². The van der Waals surface area contributed by atoms with Crippen molar-refractivity contribution < 1.29 is 0 Å². The van der Waals surface area contributed by atoms with Crippen LogP contribution in [0.25, 0.3) is 0 Å². The van der Waals surface area contributed by atoms with E-state index in [2.05, 4.69) is 20.6 Å². The Hall–Kier alpha value is -1.81. The molecule has 0 aliphatic carbocycles. The Morgan fingerprint density at radius 3 is 2.79 bits per heavy atom. The van der Waals surface area contributed by atoms with Gasteiger partial charge in [-0.05, 0) is 38.5 Å². The fraction of sp³-hybridized carbons (Fsp3) is 0.286. The summed E-state index contributed by atoms with van der Waals surface area (Å²) in [5.74, 6) is 1.37. The van der Waals surface area contributed by atoms with Gasteiger partial charge < -0.3 is 10.6 Å². The highest BCUT2D eigenvalue weighted by Crippen LogP contribution is 2.27. The van der Waals surface area contributed by atoms with Crippen LogP contribution in [-0.2, 0) is 0 Å². The smallest absolute Gasteiger partial charge is 0.224 e. The van der Waals surface area contributed by atoms with Gasteiger partial charge in [-0.25, -0.2) is 4.98 Å². The van der Waals surface area contributed by atoms with Crippen LogP contribution >= 0.6 is 11.6 Å². The van der Waals surface area contributed by atoms with E-state index in [-0.39, 0.29) is 0 Å². The molecular weight excluding hydrogens is 260 g/mol. The number of nitrogens with zero attached hydrogens (tertiary/aromatic N) is 2. The number of hydrogen-bond acceptors (Lipinski definition) is 4. The minimum absolute atomic E-state index is 0.611. The minimum atomic E-state index is 0.611. The monoisotopic (exact) mass is 276 g/mol. The summed E-state index contributed by atoms with van der Waals surface area (Å²) in [5, 5.41) is 7.02. The first-order valence-corrected chi connectivity index (χ1v) is 6.58. The standard InChI is InChI=1S/C14H17ClN4/c1-4-16-14-17-8-10(3)13(19-14)18-12-7-9(2)5-6-11(12)15/h5-8H,4H2,1-3H3,(H2,16,17,18,19). The second-order valence-electron chi connectivity index (χ2n) is 4.36. The normalized spacial score (nSPS) is 10.3. The predicted octanol–water partition coefficient (Wildman–Crippen LogP) is 3.92. The zero-order valence-electron chi connectivity index (χ0n) is 11.3. The molecule has 0 saturated carbocycles. The number of halogens is 1. The van der Waals surface area contributed by atoms with E-state index in [0.717, 1.165) is 29.2 Å². The molecule has 4 nitrogen and oxygen atoms in total. The highest BCUT2D eigenvalue weighted by Gasteiger charge is 2.06. The molecule has 0 saturated heterocycles. The third kappa shape index (κ3) is 3.35. The molecule has 0 aliphatic rings. The van der Waals surface area contributed by atoms with E-state index in [1.807, 2.05) is 39.0 Å². The first-order chi connectivity index (χ1) is 9.10. The van der Waals surface area contributed by atoms with Crippen molar-refractivity contribution in [1.82, 2.24) is 9.97 Å². The molecule has 2 N–H and O–H groups in total. The van der Waals surface area contributed by atoms with E-state index in [4.69, 9.17) is 11.6 Å². The number of rotatable bonds is 4. The summed E-state index contributed by atoms with van der Waals surface area (Å²) >= 11 is 6.18. The molecule has 0 aliphatic heterocycles. The van der Waals surface area contributed by atoms with Crippen LogP contribution in [0.5, 0.6) is 0 Å². The second-order valence-corrected chi connectivity index (χ2v) is 4.77. The summed E-state index contributed by atoms with van der Waals surface area (Å²) in [4.78, 5) is 8.65. The zero-order chi connectivity index (χ0) is 13.8. The highest BCUT2D eigenvalue weighted by atomic mass is 35.5. The topological polar surface area (TPSA) is 49.8 Å². The largest absolute Gasteiger partial charge is 0.354 e. The lowest BCUT2D eigenvalue weighted by Crippen LogP contribution is -2.05. The first-order valence-electron chi connectivity index (χ1n) is 6.21. The molecule has 0 spiro atoms. The van der Waals surface area contributed by atoms with Crippen molar-refractivity contribution in [3.05, 3.63) is 40.5 Å². The van der Waals surface area contributed by atoms with Crippen molar-refractivity contribution in [1.29, 1.82) is 0 Å². The van der Waals surface area contributed by atoms with Crippen LogP contribution in [0.1, 0.15) is 18.1 Å². The molecule has 2 aromatic rings. The summed E-state index contributed by atoms with van der Waals surface area (Å²) in [6.45, 7) is 6.78. The molecule has 100 valence electrons. The SMILES string of the molecule is CCNc1ncc(C)c(Nc2cc(C)ccc2Cl)n1. The van der Waals surface area contributed by atoms with Crippen LogP contribution < -0.4 is 10.6 Å². The molecule has 2 rings (SSSR count). The molecule has 0 amide bonds. The van der Waals surface area contributed by atoms with E-state index in [0.29, 0.717) is 11.0 Å². The quantitative estimate of drug-likeness (QED) is 0.889. The molecule has 1 aromatic heterocycles. The highest BCUT2D eigenvalue weighted by molar-refractivity contribution is 6.33. The molecule has 1 heterocycles. The van der Waals surface area contributed by atoms with E-state index in [9.17, 15) is 0 Å². The molecule has 5 heteroatoms. The van der Waals surface area contributed by atoms with Crippen molar-refractivity contribution in [2.24, 2.45) is 0 Å². The summed E-state index contributed by atoms with van der Waals surface area (Å²) < 4.78 is 0. The Bertz CT molecular complexity index is 584. The molecule has 0 bridgehead atoms. The average Bonchev–Trinajstić information content (AvgIpc) is 2.38. The average molecular weight is 277 g/mol.